The van der Waals surface area contributed by atoms with E-state index in [1.54, 1.807) is 6.20 Å². The molecule has 0 radical (unpaired) electrons. The van der Waals surface area contributed by atoms with Gasteiger partial charge in [0.15, 0.2) is 0 Å². The minimum Gasteiger partial charge on any atom is -0.370 e. The number of rotatable bonds is 3. The molecule has 23 heavy (non-hydrogen) atoms. The van der Waals surface area contributed by atoms with Crippen LogP contribution >= 0.6 is 0 Å². The van der Waals surface area contributed by atoms with Crippen molar-refractivity contribution in [3.05, 3.63) is 11.9 Å². The minimum atomic E-state index is -0.122. The number of ether oxygens (including phenoxy) is 1. The van der Waals surface area contributed by atoms with Gasteiger partial charge in [-0.15, -0.1) is 5.10 Å². The highest BCUT2D eigenvalue weighted by molar-refractivity contribution is 5.82. The standard InChI is InChI=1S/C15H24N6O2/c1-2-3-10-6-12(18-17-10)15(22)20-5-4-14-13(8-20)21-11(9-23-14)7-16-19-21/h7,10,12-14,17-18H,2-6,8-9H2,1H3/t10?,12?,13-,14-/m1/s1. The highest BCUT2D eigenvalue weighted by Crippen LogP contribution is 2.30. The summed E-state index contributed by atoms with van der Waals surface area (Å²) < 4.78 is 7.84. The van der Waals surface area contributed by atoms with Gasteiger partial charge in [-0.25, -0.2) is 10.1 Å². The van der Waals surface area contributed by atoms with Crippen LogP contribution in [0.15, 0.2) is 6.20 Å². The predicted octanol–water partition coefficient (Wildman–Crippen LogP) is -0.0145. The first-order chi connectivity index (χ1) is 11.3. The fourth-order valence-electron chi connectivity index (χ4n) is 3.92. The lowest BCUT2D eigenvalue weighted by atomic mass is 9.98. The van der Waals surface area contributed by atoms with Crippen molar-refractivity contribution in [2.24, 2.45) is 0 Å². The Kier molecular flexibility index (Phi) is 4.04. The monoisotopic (exact) mass is 320 g/mol. The van der Waals surface area contributed by atoms with Crippen molar-refractivity contribution in [2.75, 3.05) is 13.1 Å². The van der Waals surface area contributed by atoms with Gasteiger partial charge in [0, 0.05) is 19.1 Å². The van der Waals surface area contributed by atoms with Gasteiger partial charge in [0.25, 0.3) is 0 Å². The normalized spacial score (nSPS) is 33.3. The van der Waals surface area contributed by atoms with Crippen LogP contribution in [0.5, 0.6) is 0 Å². The Balaban J connectivity index is 1.43. The lowest BCUT2D eigenvalue weighted by Gasteiger charge is -2.41. The molecular weight excluding hydrogens is 296 g/mol. The second kappa shape index (κ2) is 6.18. The van der Waals surface area contributed by atoms with Crippen LogP contribution in [0.2, 0.25) is 0 Å². The first-order valence-electron chi connectivity index (χ1n) is 8.56. The van der Waals surface area contributed by atoms with Crippen molar-refractivity contribution in [1.29, 1.82) is 0 Å². The number of nitrogens with one attached hydrogen (secondary N) is 2. The average Bonchev–Trinajstić information content (AvgIpc) is 3.23. The SMILES string of the molecule is CCCC1CC(C(=O)N2CC[C@H]3OCc4cnnn4[C@@H]3C2)NN1. The highest BCUT2D eigenvalue weighted by Gasteiger charge is 2.40. The Labute approximate surface area is 135 Å². The molecule has 1 aromatic rings. The molecule has 2 unspecified atom stereocenters. The molecule has 0 bridgehead atoms. The van der Waals surface area contributed by atoms with Crippen molar-refractivity contribution in [3.63, 3.8) is 0 Å². The Bertz CT molecular complexity index is 576. The van der Waals surface area contributed by atoms with E-state index in [-0.39, 0.29) is 24.1 Å². The molecule has 8 nitrogen and oxygen atoms in total. The molecule has 2 N–H and O–H groups in total. The quantitative estimate of drug-likeness (QED) is 0.815. The molecular formula is C15H24N6O2. The van der Waals surface area contributed by atoms with Gasteiger partial charge in [-0.1, -0.05) is 18.6 Å². The lowest BCUT2D eigenvalue weighted by Crippen LogP contribution is -2.54. The summed E-state index contributed by atoms with van der Waals surface area (Å²) in [6, 6.07) is 0.356. The highest BCUT2D eigenvalue weighted by atomic mass is 16.5. The Morgan fingerprint density at radius 2 is 2.39 bits per heavy atom. The van der Waals surface area contributed by atoms with Crippen molar-refractivity contribution < 1.29 is 9.53 Å². The predicted molar refractivity (Wildman–Crippen MR) is 82.2 cm³/mol. The molecule has 3 aliphatic rings. The van der Waals surface area contributed by atoms with E-state index in [4.69, 9.17) is 4.74 Å². The Morgan fingerprint density at radius 3 is 3.26 bits per heavy atom. The zero-order valence-electron chi connectivity index (χ0n) is 13.4. The van der Waals surface area contributed by atoms with Crippen molar-refractivity contribution >= 4 is 5.91 Å². The molecule has 0 aromatic carbocycles. The van der Waals surface area contributed by atoms with Gasteiger partial charge in [0.2, 0.25) is 5.91 Å². The summed E-state index contributed by atoms with van der Waals surface area (Å²) in [6.45, 7) is 4.13. The molecule has 1 aromatic heterocycles. The number of hydrogen-bond donors (Lipinski definition) is 2. The van der Waals surface area contributed by atoms with Crippen LogP contribution in [-0.2, 0) is 16.1 Å². The van der Waals surface area contributed by atoms with Crippen molar-refractivity contribution in [3.8, 4) is 0 Å². The van der Waals surface area contributed by atoms with Gasteiger partial charge in [-0.3, -0.25) is 10.2 Å². The number of fused-ring (bicyclic) bond motifs is 3. The van der Waals surface area contributed by atoms with Gasteiger partial charge in [-0.05, 0) is 19.3 Å². The Hall–Kier alpha value is -1.51. The number of amides is 1. The fraction of sp³-hybridized carbons (Fsp3) is 0.800. The van der Waals surface area contributed by atoms with E-state index in [0.717, 1.165) is 37.9 Å². The van der Waals surface area contributed by atoms with Gasteiger partial charge in [0.1, 0.15) is 6.04 Å². The molecule has 0 saturated carbocycles. The van der Waals surface area contributed by atoms with E-state index in [1.165, 1.54) is 0 Å². The van der Waals surface area contributed by atoms with Crippen LogP contribution in [0, 0.1) is 0 Å². The summed E-state index contributed by atoms with van der Waals surface area (Å²) in [4.78, 5) is 14.8. The van der Waals surface area contributed by atoms with E-state index < -0.39 is 0 Å². The summed E-state index contributed by atoms with van der Waals surface area (Å²) >= 11 is 0. The average molecular weight is 320 g/mol. The smallest absolute Gasteiger partial charge is 0.241 e. The maximum atomic E-state index is 12.8. The zero-order valence-corrected chi connectivity index (χ0v) is 13.4. The van der Waals surface area contributed by atoms with Gasteiger partial charge < -0.3 is 9.64 Å². The second-order valence-corrected chi connectivity index (χ2v) is 6.72. The summed E-state index contributed by atoms with van der Waals surface area (Å²) in [5.74, 6) is 0.182. The van der Waals surface area contributed by atoms with Crippen molar-refractivity contribution in [1.82, 2.24) is 30.7 Å². The molecule has 126 valence electrons. The first-order valence-corrected chi connectivity index (χ1v) is 8.56. The largest absolute Gasteiger partial charge is 0.370 e. The third kappa shape index (κ3) is 2.75. The lowest BCUT2D eigenvalue weighted by molar-refractivity contribution is -0.140. The van der Waals surface area contributed by atoms with Crippen LogP contribution in [0.3, 0.4) is 0 Å². The molecule has 0 spiro atoms. The van der Waals surface area contributed by atoms with Gasteiger partial charge in [0.05, 0.1) is 30.6 Å². The summed E-state index contributed by atoms with van der Waals surface area (Å²) in [5.41, 5.74) is 7.40. The minimum absolute atomic E-state index is 0.0831. The molecule has 0 aliphatic carbocycles. The molecule has 4 heterocycles. The third-order valence-electron chi connectivity index (χ3n) is 5.16. The van der Waals surface area contributed by atoms with Gasteiger partial charge in [-0.2, -0.15) is 0 Å². The summed E-state index contributed by atoms with van der Waals surface area (Å²) in [5, 5.41) is 8.17. The molecule has 4 atom stereocenters. The maximum absolute atomic E-state index is 12.8. The van der Waals surface area contributed by atoms with Crippen LogP contribution < -0.4 is 10.9 Å². The maximum Gasteiger partial charge on any atom is 0.241 e. The molecule has 2 fully saturated rings. The molecule has 2 saturated heterocycles. The van der Waals surface area contributed by atoms with Gasteiger partial charge >= 0.3 is 0 Å². The molecule has 1 amide bonds. The van der Waals surface area contributed by atoms with E-state index in [2.05, 4.69) is 28.1 Å². The first kappa shape index (κ1) is 15.0. The molecule has 3 aliphatic heterocycles. The van der Waals surface area contributed by atoms with E-state index in [1.807, 2.05) is 9.58 Å². The van der Waals surface area contributed by atoms with E-state index >= 15 is 0 Å². The molecule has 8 heteroatoms. The summed E-state index contributed by atoms with van der Waals surface area (Å²) in [6.07, 6.45) is 5.82. The number of aromatic nitrogens is 3. The number of carbonyl (C=O) groups is 1. The topological polar surface area (TPSA) is 84.3 Å². The van der Waals surface area contributed by atoms with Crippen LogP contribution in [0.4, 0.5) is 0 Å². The third-order valence-corrected chi connectivity index (χ3v) is 5.16. The number of carbonyl (C=O) groups excluding carboxylic acids is 1. The van der Waals surface area contributed by atoms with Crippen LogP contribution in [0.1, 0.15) is 44.3 Å². The zero-order chi connectivity index (χ0) is 15.8. The van der Waals surface area contributed by atoms with Crippen LogP contribution in [0.25, 0.3) is 0 Å². The van der Waals surface area contributed by atoms with Crippen molar-refractivity contribution in [2.45, 2.75) is 63.4 Å². The summed E-state index contributed by atoms with van der Waals surface area (Å²) in [7, 11) is 0. The molecule has 4 rings (SSSR count). The van der Waals surface area contributed by atoms with E-state index in [9.17, 15) is 4.79 Å². The number of likely N-dealkylation sites (tertiary alicyclic amines) is 1. The number of hydrazine groups is 1. The number of nitrogens with zero attached hydrogens (tertiary/aromatic N) is 4. The second-order valence-electron chi connectivity index (χ2n) is 6.72. The number of hydrogen-bond acceptors (Lipinski definition) is 6. The van der Waals surface area contributed by atoms with Crippen LogP contribution in [-0.4, -0.2) is 57.1 Å². The Morgan fingerprint density at radius 1 is 1.48 bits per heavy atom. The fourth-order valence-corrected chi connectivity index (χ4v) is 3.92. The number of piperidine rings is 1. The van der Waals surface area contributed by atoms with E-state index in [0.29, 0.717) is 19.2 Å².